The molecule has 10 heteroatoms. The number of benzene rings is 1. The lowest BCUT2D eigenvalue weighted by Gasteiger charge is -2.18. The van der Waals surface area contributed by atoms with Crippen LogP contribution in [0.5, 0.6) is 0 Å². The molecule has 1 aromatic heterocycles. The Morgan fingerprint density at radius 1 is 1.24 bits per heavy atom. The van der Waals surface area contributed by atoms with Crippen molar-refractivity contribution in [1.29, 1.82) is 0 Å². The smallest absolute Gasteiger partial charge is 0.433 e. The van der Waals surface area contributed by atoms with Gasteiger partial charge in [0.1, 0.15) is 17.6 Å². The molecule has 0 saturated carbocycles. The molecule has 0 aliphatic heterocycles. The monoisotopic (exact) mass is 402 g/mol. The van der Waals surface area contributed by atoms with E-state index in [2.05, 4.69) is 15.8 Å². The van der Waals surface area contributed by atoms with E-state index >= 15 is 0 Å². The van der Waals surface area contributed by atoms with Crippen molar-refractivity contribution >= 4 is 24.1 Å². The Labute approximate surface area is 167 Å². The molecule has 0 aliphatic rings. The number of ether oxygens (including phenoxy) is 1. The maximum absolute atomic E-state index is 12.4. The van der Waals surface area contributed by atoms with E-state index in [1.54, 1.807) is 0 Å². The zero-order chi connectivity index (χ0) is 21.2. The predicted octanol–water partition coefficient (Wildman–Crippen LogP) is 2.98. The van der Waals surface area contributed by atoms with Gasteiger partial charge in [0.25, 0.3) is 5.91 Å². The molecule has 0 fully saturated rings. The maximum Gasteiger partial charge on any atom is 0.433 e. The van der Waals surface area contributed by atoms with Gasteiger partial charge in [-0.2, -0.15) is 5.10 Å². The SMILES string of the molecule is CC(C)CC(NC(=O)OCc1ccccc1)C(=O)N/N=C/c1ccc([N+](=O)[O-])o1. The normalized spacial score (nSPS) is 12.0. The number of furan rings is 1. The van der Waals surface area contributed by atoms with Crippen molar-refractivity contribution < 1.29 is 23.7 Å². The van der Waals surface area contributed by atoms with Gasteiger partial charge in [0.05, 0.1) is 12.3 Å². The van der Waals surface area contributed by atoms with Gasteiger partial charge in [-0.1, -0.05) is 44.2 Å². The van der Waals surface area contributed by atoms with Crippen molar-refractivity contribution in [2.45, 2.75) is 32.9 Å². The van der Waals surface area contributed by atoms with Gasteiger partial charge in [0.15, 0.2) is 5.76 Å². The zero-order valence-corrected chi connectivity index (χ0v) is 16.0. The first-order chi connectivity index (χ1) is 13.8. The van der Waals surface area contributed by atoms with Crippen molar-refractivity contribution in [2.24, 2.45) is 11.0 Å². The van der Waals surface area contributed by atoms with E-state index in [9.17, 15) is 19.7 Å². The molecule has 2 amide bonds. The summed E-state index contributed by atoms with van der Waals surface area (Å²) in [7, 11) is 0. The Bertz CT molecular complexity index is 863. The largest absolute Gasteiger partial charge is 0.445 e. The lowest BCUT2D eigenvalue weighted by atomic mass is 10.0. The minimum absolute atomic E-state index is 0.0815. The van der Waals surface area contributed by atoms with Gasteiger partial charge < -0.3 is 14.5 Å². The first-order valence-corrected chi connectivity index (χ1v) is 8.89. The van der Waals surface area contributed by atoms with Gasteiger partial charge in [-0.15, -0.1) is 0 Å². The zero-order valence-electron chi connectivity index (χ0n) is 16.0. The van der Waals surface area contributed by atoms with Gasteiger partial charge in [-0.3, -0.25) is 14.9 Å². The lowest BCUT2D eigenvalue weighted by Crippen LogP contribution is -2.46. The number of alkyl carbamates (subject to hydrolysis) is 1. The van der Waals surface area contributed by atoms with Crippen LogP contribution >= 0.6 is 0 Å². The van der Waals surface area contributed by atoms with E-state index < -0.39 is 28.8 Å². The van der Waals surface area contributed by atoms with E-state index in [1.807, 2.05) is 44.2 Å². The molecule has 2 N–H and O–H groups in total. The predicted molar refractivity (Wildman–Crippen MR) is 104 cm³/mol. The van der Waals surface area contributed by atoms with Gasteiger partial charge >= 0.3 is 12.0 Å². The minimum Gasteiger partial charge on any atom is -0.445 e. The van der Waals surface area contributed by atoms with Crippen molar-refractivity contribution in [1.82, 2.24) is 10.7 Å². The van der Waals surface area contributed by atoms with Crippen LogP contribution in [0.3, 0.4) is 0 Å². The van der Waals surface area contributed by atoms with Gasteiger partial charge in [0, 0.05) is 0 Å². The Morgan fingerprint density at radius 3 is 2.59 bits per heavy atom. The Hall–Kier alpha value is -3.69. The number of amides is 2. The summed E-state index contributed by atoms with van der Waals surface area (Å²) >= 11 is 0. The third kappa shape index (κ3) is 7.45. The number of hydrogen-bond donors (Lipinski definition) is 2. The van der Waals surface area contributed by atoms with E-state index in [1.165, 1.54) is 12.1 Å². The first kappa shape index (κ1) is 21.6. The number of hydrogen-bond acceptors (Lipinski definition) is 7. The van der Waals surface area contributed by atoms with Gasteiger partial charge in [-0.05, 0) is 24.0 Å². The molecule has 10 nitrogen and oxygen atoms in total. The second-order valence-electron chi connectivity index (χ2n) is 6.56. The van der Waals surface area contributed by atoms with Crippen LogP contribution in [0.1, 0.15) is 31.6 Å². The molecule has 0 radical (unpaired) electrons. The van der Waals surface area contributed by atoms with E-state index in [4.69, 9.17) is 9.15 Å². The topological polar surface area (TPSA) is 136 Å². The molecule has 1 unspecified atom stereocenters. The summed E-state index contributed by atoms with van der Waals surface area (Å²) in [5.41, 5.74) is 3.11. The van der Waals surface area contributed by atoms with Gasteiger partial charge in [0.2, 0.25) is 0 Å². The molecule has 0 aliphatic carbocycles. The Kier molecular flexibility index (Phi) is 7.89. The molecule has 29 heavy (non-hydrogen) atoms. The first-order valence-electron chi connectivity index (χ1n) is 8.89. The number of carbonyl (C=O) groups excluding carboxylic acids is 2. The quantitative estimate of drug-likeness (QED) is 0.376. The molecule has 154 valence electrons. The van der Waals surface area contributed by atoms with Crippen molar-refractivity contribution in [3.05, 3.63) is 63.9 Å². The number of nitrogens with zero attached hydrogens (tertiary/aromatic N) is 2. The Morgan fingerprint density at radius 2 is 1.97 bits per heavy atom. The third-order valence-electron chi connectivity index (χ3n) is 3.69. The van der Waals surface area contributed by atoms with Crippen molar-refractivity contribution in [2.75, 3.05) is 0 Å². The molecule has 2 rings (SSSR count). The van der Waals surface area contributed by atoms with Crippen LogP contribution in [-0.4, -0.2) is 29.2 Å². The van der Waals surface area contributed by atoms with E-state index in [0.717, 1.165) is 11.8 Å². The summed E-state index contributed by atoms with van der Waals surface area (Å²) in [6, 6.07) is 10.8. The summed E-state index contributed by atoms with van der Waals surface area (Å²) in [6.45, 7) is 3.89. The van der Waals surface area contributed by atoms with E-state index in [0.29, 0.717) is 6.42 Å². The molecule has 1 atom stereocenters. The molecular formula is C19H22N4O6. The minimum atomic E-state index is -0.860. The van der Waals surface area contributed by atoms with Crippen LogP contribution in [0.4, 0.5) is 10.7 Å². The molecule has 0 spiro atoms. The number of nitro groups is 1. The maximum atomic E-state index is 12.4. The molecule has 1 heterocycles. The summed E-state index contributed by atoms with van der Waals surface area (Å²) in [5, 5.41) is 16.8. The van der Waals surface area contributed by atoms with Crippen LogP contribution < -0.4 is 10.7 Å². The van der Waals surface area contributed by atoms with Crippen LogP contribution in [0.2, 0.25) is 0 Å². The lowest BCUT2D eigenvalue weighted by molar-refractivity contribution is -0.402. The number of rotatable bonds is 9. The molecule has 0 saturated heterocycles. The highest BCUT2D eigenvalue weighted by Crippen LogP contribution is 2.13. The number of carbonyl (C=O) groups is 2. The van der Waals surface area contributed by atoms with Crippen molar-refractivity contribution in [3.63, 3.8) is 0 Å². The number of nitrogens with one attached hydrogen (secondary N) is 2. The van der Waals surface area contributed by atoms with Crippen molar-refractivity contribution in [3.8, 4) is 0 Å². The second-order valence-corrected chi connectivity index (χ2v) is 6.56. The third-order valence-corrected chi connectivity index (χ3v) is 3.69. The summed E-state index contributed by atoms with van der Waals surface area (Å²) < 4.78 is 10.0. The highest BCUT2D eigenvalue weighted by Gasteiger charge is 2.22. The summed E-state index contributed by atoms with van der Waals surface area (Å²) in [6.07, 6.45) is 0.777. The van der Waals surface area contributed by atoms with Crippen LogP contribution in [0.25, 0.3) is 0 Å². The number of hydrazone groups is 1. The molecule has 2 aromatic rings. The summed E-state index contributed by atoms with van der Waals surface area (Å²) in [5.74, 6) is -0.754. The molecule has 0 bridgehead atoms. The fraction of sp³-hybridized carbons (Fsp3) is 0.316. The average molecular weight is 402 g/mol. The Balaban J connectivity index is 1.89. The van der Waals surface area contributed by atoms with E-state index in [-0.39, 0.29) is 18.3 Å². The van der Waals surface area contributed by atoms with Gasteiger partial charge in [-0.25, -0.2) is 10.2 Å². The molecular weight excluding hydrogens is 380 g/mol. The average Bonchev–Trinajstić information content (AvgIpc) is 3.15. The molecule has 1 aromatic carbocycles. The highest BCUT2D eigenvalue weighted by atomic mass is 16.6. The summed E-state index contributed by atoms with van der Waals surface area (Å²) in [4.78, 5) is 34.3. The van der Waals surface area contributed by atoms with Crippen LogP contribution in [-0.2, 0) is 16.1 Å². The highest BCUT2D eigenvalue weighted by molar-refractivity contribution is 5.86. The fourth-order valence-electron chi connectivity index (χ4n) is 2.36. The fourth-order valence-corrected chi connectivity index (χ4v) is 2.36. The second kappa shape index (κ2) is 10.6. The van der Waals surface area contributed by atoms with Crippen LogP contribution in [0.15, 0.2) is 52.0 Å². The standard InChI is InChI=1S/C19H22N4O6/c1-13(2)10-16(21-19(25)28-12-14-6-4-3-5-7-14)18(24)22-20-11-15-8-9-17(29-15)23(26)27/h3-9,11,13,16H,10,12H2,1-2H3,(H,21,25)(H,22,24)/b20-11+. The van der Waals surface area contributed by atoms with Crippen LogP contribution in [0, 0.1) is 16.0 Å².